The number of nitro benzene ring substituents is 1. The molecule has 0 unspecified atom stereocenters. The molecule has 0 spiro atoms. The SMILES string of the molecule is COC(=O)c1ccc(COc2ccc(S(=O)(=O)N3CCCC3)cc2[N+](=O)[O-])cc1. The lowest BCUT2D eigenvalue weighted by Gasteiger charge is -2.16. The van der Waals surface area contributed by atoms with Gasteiger partial charge in [0.05, 0.1) is 22.5 Å². The Morgan fingerprint density at radius 2 is 1.79 bits per heavy atom. The zero-order valence-electron chi connectivity index (χ0n) is 15.7. The third-order valence-electron chi connectivity index (χ3n) is 4.60. The largest absolute Gasteiger partial charge is 0.482 e. The molecule has 0 bridgehead atoms. The second-order valence-corrected chi connectivity index (χ2v) is 8.41. The molecule has 154 valence electrons. The number of carbonyl (C=O) groups excluding carboxylic acids is 1. The van der Waals surface area contributed by atoms with Crippen molar-refractivity contribution in [3.8, 4) is 5.75 Å². The van der Waals surface area contributed by atoms with Gasteiger partial charge in [0.2, 0.25) is 10.0 Å². The lowest BCUT2D eigenvalue weighted by atomic mass is 10.1. The Labute approximate surface area is 168 Å². The number of hydrogen-bond donors (Lipinski definition) is 0. The van der Waals surface area contributed by atoms with Gasteiger partial charge in [-0.3, -0.25) is 10.1 Å². The van der Waals surface area contributed by atoms with Gasteiger partial charge in [-0.05, 0) is 42.7 Å². The molecule has 1 aliphatic rings. The minimum Gasteiger partial charge on any atom is -0.482 e. The maximum Gasteiger partial charge on any atom is 0.337 e. The van der Waals surface area contributed by atoms with Crippen molar-refractivity contribution in [2.24, 2.45) is 0 Å². The first-order valence-electron chi connectivity index (χ1n) is 8.91. The molecule has 29 heavy (non-hydrogen) atoms. The topological polar surface area (TPSA) is 116 Å². The summed E-state index contributed by atoms with van der Waals surface area (Å²) in [6, 6.07) is 10.0. The Bertz CT molecular complexity index is 1010. The van der Waals surface area contributed by atoms with Crippen LogP contribution in [0.2, 0.25) is 0 Å². The van der Waals surface area contributed by atoms with Gasteiger partial charge in [0.1, 0.15) is 6.61 Å². The molecular formula is C19H20N2O7S. The minimum atomic E-state index is -3.76. The molecule has 0 aromatic heterocycles. The van der Waals surface area contributed by atoms with E-state index in [1.54, 1.807) is 24.3 Å². The standard InChI is InChI=1S/C19H20N2O7S/c1-27-19(22)15-6-4-14(5-7-15)13-28-18-9-8-16(12-17(18)21(23)24)29(25,26)20-10-2-3-11-20/h4-9,12H,2-3,10-11,13H2,1H3. The molecule has 2 aromatic rings. The van der Waals surface area contributed by atoms with Crippen LogP contribution in [0, 0.1) is 10.1 Å². The van der Waals surface area contributed by atoms with E-state index in [4.69, 9.17) is 4.74 Å². The average Bonchev–Trinajstić information content (AvgIpc) is 3.27. The van der Waals surface area contributed by atoms with Crippen molar-refractivity contribution in [1.29, 1.82) is 0 Å². The summed E-state index contributed by atoms with van der Waals surface area (Å²) in [4.78, 5) is 22.1. The molecule has 0 atom stereocenters. The van der Waals surface area contributed by atoms with Crippen molar-refractivity contribution in [3.05, 3.63) is 63.7 Å². The smallest absolute Gasteiger partial charge is 0.337 e. The lowest BCUT2D eigenvalue weighted by molar-refractivity contribution is -0.386. The van der Waals surface area contributed by atoms with Crippen molar-refractivity contribution in [1.82, 2.24) is 4.31 Å². The second-order valence-electron chi connectivity index (χ2n) is 6.48. The monoisotopic (exact) mass is 420 g/mol. The van der Waals surface area contributed by atoms with Crippen LogP contribution < -0.4 is 4.74 Å². The van der Waals surface area contributed by atoms with E-state index in [0.717, 1.165) is 18.9 Å². The molecule has 0 N–H and O–H groups in total. The number of benzene rings is 2. The predicted octanol–water partition coefficient (Wildman–Crippen LogP) is 2.74. The number of rotatable bonds is 7. The number of hydrogen-bond acceptors (Lipinski definition) is 7. The first-order valence-corrected chi connectivity index (χ1v) is 10.4. The number of sulfonamides is 1. The molecule has 9 nitrogen and oxygen atoms in total. The highest BCUT2D eigenvalue weighted by molar-refractivity contribution is 7.89. The van der Waals surface area contributed by atoms with Crippen molar-refractivity contribution in [2.45, 2.75) is 24.3 Å². The molecule has 0 amide bonds. The Kier molecular flexibility index (Phi) is 6.14. The van der Waals surface area contributed by atoms with Gasteiger partial charge in [-0.25, -0.2) is 13.2 Å². The van der Waals surface area contributed by atoms with Crippen LogP contribution >= 0.6 is 0 Å². The van der Waals surface area contributed by atoms with E-state index in [0.29, 0.717) is 24.2 Å². The van der Waals surface area contributed by atoms with E-state index >= 15 is 0 Å². The average molecular weight is 420 g/mol. The summed E-state index contributed by atoms with van der Waals surface area (Å²) in [5.41, 5.74) is 0.635. The van der Waals surface area contributed by atoms with E-state index in [9.17, 15) is 23.3 Å². The molecule has 1 fully saturated rings. The Morgan fingerprint density at radius 1 is 1.14 bits per heavy atom. The molecule has 2 aromatic carbocycles. The molecule has 0 saturated carbocycles. The van der Waals surface area contributed by atoms with Gasteiger partial charge in [0.25, 0.3) is 0 Å². The highest BCUT2D eigenvalue weighted by Crippen LogP contribution is 2.32. The van der Waals surface area contributed by atoms with Gasteiger partial charge in [-0.2, -0.15) is 4.31 Å². The van der Waals surface area contributed by atoms with Crippen molar-refractivity contribution in [2.75, 3.05) is 20.2 Å². The maximum absolute atomic E-state index is 12.6. The Balaban J connectivity index is 1.79. The van der Waals surface area contributed by atoms with Crippen LogP contribution in [0.4, 0.5) is 5.69 Å². The van der Waals surface area contributed by atoms with Crippen LogP contribution in [0.5, 0.6) is 5.75 Å². The second kappa shape index (κ2) is 8.58. The zero-order valence-corrected chi connectivity index (χ0v) is 16.6. The summed E-state index contributed by atoms with van der Waals surface area (Å²) in [7, 11) is -2.48. The maximum atomic E-state index is 12.6. The van der Waals surface area contributed by atoms with Crippen LogP contribution in [-0.4, -0.2) is 43.8 Å². The minimum absolute atomic E-state index is 0.0144. The van der Waals surface area contributed by atoms with Crippen molar-refractivity contribution >= 4 is 21.7 Å². The van der Waals surface area contributed by atoms with E-state index < -0.39 is 26.6 Å². The number of nitrogens with zero attached hydrogens (tertiary/aromatic N) is 2. The summed E-state index contributed by atoms with van der Waals surface area (Å²) in [6.07, 6.45) is 1.55. The van der Waals surface area contributed by atoms with Crippen LogP contribution in [0.3, 0.4) is 0 Å². The molecule has 0 radical (unpaired) electrons. The lowest BCUT2D eigenvalue weighted by Crippen LogP contribution is -2.27. The third-order valence-corrected chi connectivity index (χ3v) is 6.49. The Morgan fingerprint density at radius 3 is 2.38 bits per heavy atom. The summed E-state index contributed by atoms with van der Waals surface area (Å²) in [5, 5.41) is 11.5. The fraction of sp³-hybridized carbons (Fsp3) is 0.316. The number of carbonyl (C=O) groups is 1. The Hall–Kier alpha value is -2.98. The number of esters is 1. The van der Waals surface area contributed by atoms with Crippen molar-refractivity contribution in [3.63, 3.8) is 0 Å². The molecule has 1 saturated heterocycles. The fourth-order valence-electron chi connectivity index (χ4n) is 3.02. The quantitative estimate of drug-likeness (QED) is 0.384. The summed E-state index contributed by atoms with van der Waals surface area (Å²) >= 11 is 0. The van der Waals surface area contributed by atoms with E-state index in [1.165, 1.54) is 23.5 Å². The van der Waals surface area contributed by atoms with Gasteiger partial charge >= 0.3 is 11.7 Å². The predicted molar refractivity (Wildman–Crippen MR) is 103 cm³/mol. The number of ether oxygens (including phenoxy) is 2. The molecular weight excluding hydrogens is 400 g/mol. The van der Waals surface area contributed by atoms with E-state index in [2.05, 4.69) is 4.74 Å². The first kappa shape index (κ1) is 20.7. The van der Waals surface area contributed by atoms with E-state index in [-0.39, 0.29) is 17.3 Å². The van der Waals surface area contributed by atoms with Gasteiger partial charge < -0.3 is 9.47 Å². The summed E-state index contributed by atoms with van der Waals surface area (Å²) in [6.45, 7) is 0.840. The van der Waals surface area contributed by atoms with Crippen LogP contribution in [-0.2, 0) is 21.4 Å². The van der Waals surface area contributed by atoms with Crippen LogP contribution in [0.25, 0.3) is 0 Å². The fourth-order valence-corrected chi connectivity index (χ4v) is 4.55. The molecule has 10 heteroatoms. The summed E-state index contributed by atoms with van der Waals surface area (Å²) < 4.78 is 36.8. The summed E-state index contributed by atoms with van der Waals surface area (Å²) in [5.74, 6) is -0.504. The number of nitro groups is 1. The highest BCUT2D eigenvalue weighted by atomic mass is 32.2. The van der Waals surface area contributed by atoms with Gasteiger partial charge in [0, 0.05) is 19.2 Å². The van der Waals surface area contributed by atoms with E-state index in [1.807, 2.05) is 0 Å². The zero-order chi connectivity index (χ0) is 21.0. The number of methoxy groups -OCH3 is 1. The van der Waals surface area contributed by atoms with Gasteiger partial charge in [-0.15, -0.1) is 0 Å². The van der Waals surface area contributed by atoms with Gasteiger partial charge in [-0.1, -0.05) is 12.1 Å². The highest BCUT2D eigenvalue weighted by Gasteiger charge is 2.29. The van der Waals surface area contributed by atoms with Gasteiger partial charge in [0.15, 0.2) is 5.75 Å². The van der Waals surface area contributed by atoms with Crippen LogP contribution in [0.15, 0.2) is 47.4 Å². The first-order chi connectivity index (χ1) is 13.8. The molecule has 1 heterocycles. The third kappa shape index (κ3) is 4.54. The molecule has 3 rings (SSSR count). The molecule has 0 aliphatic carbocycles. The normalized spacial score (nSPS) is 14.5. The van der Waals surface area contributed by atoms with Crippen molar-refractivity contribution < 1.29 is 27.6 Å². The van der Waals surface area contributed by atoms with Crippen LogP contribution in [0.1, 0.15) is 28.8 Å². The molecule has 1 aliphatic heterocycles.